The van der Waals surface area contributed by atoms with Gasteiger partial charge in [0.25, 0.3) is 0 Å². The van der Waals surface area contributed by atoms with E-state index in [-0.39, 0.29) is 11.6 Å². The second-order valence-electron chi connectivity index (χ2n) is 3.18. The van der Waals surface area contributed by atoms with Gasteiger partial charge < -0.3 is 0 Å². The fraction of sp³-hybridized carbons (Fsp3) is 0.500. The highest BCUT2D eigenvalue weighted by Crippen LogP contribution is 2.25. The van der Waals surface area contributed by atoms with Crippen LogP contribution in [0, 0.1) is 5.41 Å². The number of ketones is 2. The van der Waals surface area contributed by atoms with Crippen LogP contribution in [0.1, 0.15) is 20.3 Å². The third-order valence-electron chi connectivity index (χ3n) is 1.74. The molecule has 2 heteroatoms. The first kappa shape index (κ1) is 7.19. The van der Waals surface area contributed by atoms with Gasteiger partial charge in [0, 0.05) is 5.41 Å². The summed E-state index contributed by atoms with van der Waals surface area (Å²) in [5, 5.41) is 0. The van der Waals surface area contributed by atoms with Gasteiger partial charge >= 0.3 is 0 Å². The molecule has 0 aromatic carbocycles. The van der Waals surface area contributed by atoms with Crippen molar-refractivity contribution >= 4 is 11.6 Å². The van der Waals surface area contributed by atoms with Crippen LogP contribution >= 0.6 is 0 Å². The van der Waals surface area contributed by atoms with Crippen LogP contribution in [-0.2, 0) is 9.59 Å². The van der Waals surface area contributed by atoms with E-state index in [0.717, 1.165) is 0 Å². The zero-order valence-electron chi connectivity index (χ0n) is 6.18. The van der Waals surface area contributed by atoms with Crippen molar-refractivity contribution in [1.29, 1.82) is 0 Å². The van der Waals surface area contributed by atoms with Crippen molar-refractivity contribution in [2.24, 2.45) is 5.41 Å². The van der Waals surface area contributed by atoms with E-state index < -0.39 is 5.41 Å². The molecule has 0 amide bonds. The van der Waals surface area contributed by atoms with E-state index in [1.807, 2.05) is 0 Å². The maximum atomic E-state index is 11.0. The van der Waals surface area contributed by atoms with Gasteiger partial charge in [-0.3, -0.25) is 9.59 Å². The Morgan fingerprint density at radius 3 is 2.40 bits per heavy atom. The third-order valence-corrected chi connectivity index (χ3v) is 1.74. The lowest BCUT2D eigenvalue weighted by Gasteiger charge is -2.21. The van der Waals surface area contributed by atoms with Crippen LogP contribution in [0.15, 0.2) is 12.2 Å². The minimum absolute atomic E-state index is 0.269. The molecule has 0 aromatic heterocycles. The molecule has 0 unspecified atom stereocenters. The largest absolute Gasteiger partial charge is 0.290 e. The van der Waals surface area contributed by atoms with Crippen LogP contribution in [-0.4, -0.2) is 11.6 Å². The Bertz CT molecular complexity index is 211. The number of hydrogen-bond donors (Lipinski definition) is 0. The summed E-state index contributed by atoms with van der Waals surface area (Å²) in [5.74, 6) is -0.633. The van der Waals surface area contributed by atoms with Crippen LogP contribution in [0.2, 0.25) is 0 Å². The molecule has 10 heavy (non-hydrogen) atoms. The molecule has 2 nitrogen and oxygen atoms in total. The molecule has 0 spiro atoms. The van der Waals surface area contributed by atoms with Crippen molar-refractivity contribution in [3.05, 3.63) is 12.2 Å². The highest BCUT2D eigenvalue weighted by Gasteiger charge is 2.32. The number of hydrogen-bond acceptors (Lipinski definition) is 2. The molecule has 0 atom stereocenters. The number of Topliss-reactive ketones (excluding diaryl/α,β-unsaturated/α-hetero) is 1. The van der Waals surface area contributed by atoms with E-state index in [1.165, 1.54) is 6.08 Å². The summed E-state index contributed by atoms with van der Waals surface area (Å²) in [4.78, 5) is 21.8. The molecule has 0 radical (unpaired) electrons. The third kappa shape index (κ3) is 1.01. The van der Waals surface area contributed by atoms with Gasteiger partial charge in [0.1, 0.15) is 0 Å². The van der Waals surface area contributed by atoms with Gasteiger partial charge in [-0.2, -0.15) is 0 Å². The topological polar surface area (TPSA) is 34.1 Å². The lowest BCUT2D eigenvalue weighted by atomic mass is 9.79. The SMILES string of the molecule is CC1(C)CC=CC(=O)C1=O. The van der Waals surface area contributed by atoms with Crippen LogP contribution in [0.3, 0.4) is 0 Å². The van der Waals surface area contributed by atoms with E-state index in [4.69, 9.17) is 0 Å². The van der Waals surface area contributed by atoms with Gasteiger partial charge in [0.2, 0.25) is 11.6 Å². The molecule has 0 aromatic rings. The second kappa shape index (κ2) is 2.04. The van der Waals surface area contributed by atoms with Gasteiger partial charge in [-0.05, 0) is 12.5 Å². The fourth-order valence-corrected chi connectivity index (χ4v) is 0.962. The summed E-state index contributed by atoms with van der Waals surface area (Å²) >= 11 is 0. The molecule has 0 heterocycles. The normalized spacial score (nSPS) is 23.4. The molecular weight excluding hydrogens is 128 g/mol. The molecule has 1 aliphatic carbocycles. The zero-order chi connectivity index (χ0) is 7.78. The monoisotopic (exact) mass is 138 g/mol. The molecule has 0 saturated carbocycles. The second-order valence-corrected chi connectivity index (χ2v) is 3.18. The van der Waals surface area contributed by atoms with E-state index in [9.17, 15) is 9.59 Å². The Balaban J connectivity index is 2.96. The van der Waals surface area contributed by atoms with E-state index in [1.54, 1.807) is 19.9 Å². The molecular formula is C8H10O2. The number of allylic oxidation sites excluding steroid dienone is 2. The Kier molecular flexibility index (Phi) is 1.47. The smallest absolute Gasteiger partial charge is 0.221 e. The summed E-state index contributed by atoms with van der Waals surface area (Å²) in [5.41, 5.74) is -0.466. The van der Waals surface area contributed by atoms with Crippen molar-refractivity contribution in [3.63, 3.8) is 0 Å². The molecule has 0 saturated heterocycles. The van der Waals surface area contributed by atoms with Crippen LogP contribution in [0.4, 0.5) is 0 Å². The average Bonchev–Trinajstić information content (AvgIpc) is 1.83. The Morgan fingerprint density at radius 1 is 1.40 bits per heavy atom. The summed E-state index contributed by atoms with van der Waals surface area (Å²) in [6.07, 6.45) is 3.79. The summed E-state index contributed by atoms with van der Waals surface area (Å²) in [6, 6.07) is 0. The van der Waals surface area contributed by atoms with Gasteiger partial charge in [0.15, 0.2) is 0 Å². The highest BCUT2D eigenvalue weighted by molar-refractivity contribution is 6.43. The Labute approximate surface area is 59.9 Å². The van der Waals surface area contributed by atoms with Crippen molar-refractivity contribution in [2.75, 3.05) is 0 Å². The maximum absolute atomic E-state index is 11.0. The lowest BCUT2D eigenvalue weighted by molar-refractivity contribution is -0.139. The minimum atomic E-state index is -0.466. The number of carbonyl (C=O) groups is 2. The summed E-state index contributed by atoms with van der Waals surface area (Å²) in [7, 11) is 0. The van der Waals surface area contributed by atoms with E-state index in [0.29, 0.717) is 6.42 Å². The fourth-order valence-electron chi connectivity index (χ4n) is 0.962. The van der Waals surface area contributed by atoms with Crippen LogP contribution in [0.25, 0.3) is 0 Å². The van der Waals surface area contributed by atoms with Crippen molar-refractivity contribution in [2.45, 2.75) is 20.3 Å². The van der Waals surface area contributed by atoms with E-state index in [2.05, 4.69) is 0 Å². The van der Waals surface area contributed by atoms with Crippen LogP contribution in [0.5, 0.6) is 0 Å². The van der Waals surface area contributed by atoms with Gasteiger partial charge in [-0.1, -0.05) is 19.9 Å². The minimum Gasteiger partial charge on any atom is -0.290 e. The molecule has 1 rings (SSSR count). The van der Waals surface area contributed by atoms with Crippen LogP contribution < -0.4 is 0 Å². The predicted molar refractivity (Wildman–Crippen MR) is 37.6 cm³/mol. The number of carbonyl (C=O) groups excluding carboxylic acids is 2. The van der Waals surface area contributed by atoms with Crippen molar-refractivity contribution in [1.82, 2.24) is 0 Å². The zero-order valence-corrected chi connectivity index (χ0v) is 6.18. The quantitative estimate of drug-likeness (QED) is 0.470. The average molecular weight is 138 g/mol. The number of rotatable bonds is 0. The Hall–Kier alpha value is -0.920. The van der Waals surface area contributed by atoms with Crippen molar-refractivity contribution in [3.8, 4) is 0 Å². The lowest BCUT2D eigenvalue weighted by Crippen LogP contribution is -2.32. The van der Waals surface area contributed by atoms with Gasteiger partial charge in [-0.25, -0.2) is 0 Å². The van der Waals surface area contributed by atoms with Crippen molar-refractivity contribution < 1.29 is 9.59 Å². The molecule has 0 N–H and O–H groups in total. The van der Waals surface area contributed by atoms with Gasteiger partial charge in [0.05, 0.1) is 0 Å². The maximum Gasteiger partial charge on any atom is 0.221 e. The predicted octanol–water partition coefficient (Wildman–Crippen LogP) is 1.11. The Morgan fingerprint density at radius 2 is 2.00 bits per heavy atom. The first-order chi connectivity index (χ1) is 4.54. The molecule has 1 aliphatic rings. The first-order valence-electron chi connectivity index (χ1n) is 3.29. The standard InChI is InChI=1S/C8H10O2/c1-8(2)5-3-4-6(9)7(8)10/h3-4H,5H2,1-2H3. The first-order valence-corrected chi connectivity index (χ1v) is 3.29. The molecule has 0 fully saturated rings. The summed E-state index contributed by atoms with van der Waals surface area (Å²) in [6.45, 7) is 3.58. The van der Waals surface area contributed by atoms with Gasteiger partial charge in [-0.15, -0.1) is 0 Å². The molecule has 0 aliphatic heterocycles. The van der Waals surface area contributed by atoms with E-state index >= 15 is 0 Å². The molecule has 0 bridgehead atoms. The highest BCUT2D eigenvalue weighted by atomic mass is 16.2. The summed E-state index contributed by atoms with van der Waals surface area (Å²) < 4.78 is 0. The molecule has 54 valence electrons.